The van der Waals surface area contributed by atoms with Gasteiger partial charge in [-0.3, -0.25) is 23.2 Å². The molecule has 0 aromatic carbocycles. The first-order chi connectivity index (χ1) is 33.3. The van der Waals surface area contributed by atoms with Gasteiger partial charge in [0.15, 0.2) is 6.10 Å². The molecule has 21 heteroatoms. The van der Waals surface area contributed by atoms with Crippen LogP contribution in [0.1, 0.15) is 123 Å². The number of phosphoric acid groups is 2. The number of phosphoric ester groups is 2. The van der Waals surface area contributed by atoms with Crippen LogP contribution < -0.4 is 0 Å². The van der Waals surface area contributed by atoms with Crippen LogP contribution >= 0.6 is 15.6 Å². The Morgan fingerprint density at radius 3 is 1.74 bits per heavy atom. The van der Waals surface area contributed by atoms with Gasteiger partial charge in [0, 0.05) is 12.8 Å². The number of aliphatic hydroxyl groups is 7. The fourth-order valence-corrected chi connectivity index (χ4v) is 8.17. The lowest BCUT2D eigenvalue weighted by Crippen LogP contribution is -2.64. The van der Waals surface area contributed by atoms with Crippen LogP contribution in [0, 0.1) is 0 Å². The fourth-order valence-electron chi connectivity index (χ4n) is 6.63. The van der Waals surface area contributed by atoms with Gasteiger partial charge in [-0.05, 0) is 64.2 Å². The van der Waals surface area contributed by atoms with Crippen molar-refractivity contribution < 1.29 is 92.2 Å². The molecule has 1 fully saturated rings. The van der Waals surface area contributed by atoms with E-state index in [1.165, 1.54) is 12.2 Å². The van der Waals surface area contributed by atoms with Crippen molar-refractivity contribution in [3.63, 3.8) is 0 Å². The van der Waals surface area contributed by atoms with Gasteiger partial charge in [-0.25, -0.2) is 9.13 Å². The van der Waals surface area contributed by atoms with E-state index in [0.717, 1.165) is 64.2 Å². The van der Waals surface area contributed by atoms with Crippen LogP contribution in [0.25, 0.3) is 0 Å². The monoisotopic (exact) mass is 1030 g/mol. The Bertz CT molecular complexity index is 1770. The van der Waals surface area contributed by atoms with E-state index in [1.54, 1.807) is 36.5 Å². The lowest BCUT2D eigenvalue weighted by molar-refractivity contribution is -0.216. The lowest BCUT2D eigenvalue weighted by atomic mass is 9.85. The van der Waals surface area contributed by atoms with Gasteiger partial charge in [0.2, 0.25) is 0 Å². The molecule has 0 aromatic heterocycles. The standard InChI is InChI=1S/C49H80O19P2/c1-3-5-7-8-9-10-11-12-13-14-15-16-17-18-19-24-28-34-43(54)66-39(37-65-70(62,63)68-49-46(57)44(55)45(56)48(47(49)58)67-69(59,60)61)36-64-42(53)35-29-33-41(52)40(51)32-27-23-21-20-22-26-31-38(50)30-25-6-4-2/h5,7,9-10,12-13,15-16,20-23,26-27,31-32,38-41,44-52,55-58H,3-4,6,8,11,14,17-19,24-25,28-30,33-37H2,1-2H3,(H,62,63)(H2,59,60,61)/b7-5-,10-9-,13-12-,16-15-,22-20-,23-21+,31-26+,32-27+/t38-,39-,40-,41-,44?,45?,46?,47?,48-,49+/m1/s1. The number of allylic oxidation sites excluding steroid dienone is 14. The summed E-state index contributed by atoms with van der Waals surface area (Å²) < 4.78 is 49.1. The number of carbonyl (C=O) groups excluding carboxylic acids is 2. The maximum Gasteiger partial charge on any atom is 0.472 e. The summed E-state index contributed by atoms with van der Waals surface area (Å²) in [6.45, 7) is 2.57. The Hall–Kier alpha value is -3.20. The van der Waals surface area contributed by atoms with Crippen LogP contribution in [-0.4, -0.2) is 137 Å². The minimum absolute atomic E-state index is 0.00372. The van der Waals surface area contributed by atoms with Gasteiger partial charge in [0.25, 0.3) is 0 Å². The van der Waals surface area contributed by atoms with Crippen LogP contribution in [0.2, 0.25) is 0 Å². The van der Waals surface area contributed by atoms with Gasteiger partial charge in [-0.15, -0.1) is 0 Å². The molecule has 5 unspecified atom stereocenters. The molecular formula is C49H80O19P2. The molecule has 1 rings (SSSR count). The molecule has 1 aliphatic carbocycles. The second-order valence-corrected chi connectivity index (χ2v) is 19.3. The Morgan fingerprint density at radius 1 is 0.571 bits per heavy atom. The zero-order valence-electron chi connectivity index (χ0n) is 40.5. The van der Waals surface area contributed by atoms with Gasteiger partial charge >= 0.3 is 27.6 Å². The third-order valence-corrected chi connectivity index (χ3v) is 12.0. The maximum atomic E-state index is 13.0. The summed E-state index contributed by atoms with van der Waals surface area (Å²) in [5, 5.41) is 71.9. The van der Waals surface area contributed by atoms with Crippen LogP contribution in [0.5, 0.6) is 0 Å². The third kappa shape index (κ3) is 32.0. The number of hydrogen-bond acceptors (Lipinski definition) is 16. The molecule has 1 aliphatic rings. The van der Waals surface area contributed by atoms with E-state index in [2.05, 4.69) is 67.0 Å². The molecule has 11 atom stereocenters. The third-order valence-electron chi connectivity index (χ3n) is 10.5. The molecule has 0 radical (unpaired) electrons. The quantitative estimate of drug-likeness (QED) is 0.0110. The van der Waals surface area contributed by atoms with Crippen molar-refractivity contribution in [1.82, 2.24) is 0 Å². The molecule has 70 heavy (non-hydrogen) atoms. The SMILES string of the molecule is CC/C=C\C/C=C\C/C=C\C/C=C\CCCCCCC(=O)O[C@H](COC(=O)CCC[C@@H](O)[C@H](O)/C=C/C=C/C=C\C=C\[C@H](O)CCCCC)COP(=O)(O)O[C@H]1C(O)C(O)C(O)[C@@H](OP(=O)(O)O)C1O. The van der Waals surface area contributed by atoms with Gasteiger partial charge in [0.1, 0.15) is 43.2 Å². The lowest BCUT2D eigenvalue weighted by Gasteiger charge is -2.43. The zero-order chi connectivity index (χ0) is 52.2. The number of aliphatic hydroxyl groups excluding tert-OH is 7. The fraction of sp³-hybridized carbons (Fsp3) is 0.633. The number of ether oxygens (including phenoxy) is 2. The Labute approximate surface area is 413 Å². The number of rotatable bonds is 38. The number of hydrogen-bond donors (Lipinski definition) is 10. The topological polar surface area (TPSA) is 317 Å². The van der Waals surface area contributed by atoms with Crippen molar-refractivity contribution in [2.75, 3.05) is 13.2 Å². The second-order valence-electron chi connectivity index (χ2n) is 16.7. The Morgan fingerprint density at radius 2 is 1.13 bits per heavy atom. The van der Waals surface area contributed by atoms with Gasteiger partial charge in [-0.1, -0.05) is 143 Å². The molecule has 0 heterocycles. The van der Waals surface area contributed by atoms with E-state index in [-0.39, 0.29) is 25.7 Å². The van der Waals surface area contributed by atoms with Crippen molar-refractivity contribution in [2.45, 2.75) is 184 Å². The predicted molar refractivity (Wildman–Crippen MR) is 263 cm³/mol. The zero-order valence-corrected chi connectivity index (χ0v) is 42.3. The van der Waals surface area contributed by atoms with Crippen molar-refractivity contribution in [3.05, 3.63) is 97.2 Å². The summed E-state index contributed by atoms with van der Waals surface area (Å²) in [6.07, 6.45) is 22.8. The molecule has 0 aliphatic heterocycles. The summed E-state index contributed by atoms with van der Waals surface area (Å²) in [7, 11) is -10.8. The van der Waals surface area contributed by atoms with E-state index >= 15 is 0 Å². The van der Waals surface area contributed by atoms with E-state index in [9.17, 15) is 69.1 Å². The van der Waals surface area contributed by atoms with Crippen LogP contribution in [0.3, 0.4) is 0 Å². The molecule has 0 saturated heterocycles. The van der Waals surface area contributed by atoms with Crippen molar-refractivity contribution in [3.8, 4) is 0 Å². The first kappa shape index (κ1) is 64.8. The summed E-state index contributed by atoms with van der Waals surface area (Å²) in [5.41, 5.74) is 0. The minimum Gasteiger partial charge on any atom is -0.462 e. The molecule has 0 aromatic rings. The van der Waals surface area contributed by atoms with Gasteiger partial charge < -0.3 is 59.9 Å². The van der Waals surface area contributed by atoms with Crippen molar-refractivity contribution in [1.29, 1.82) is 0 Å². The van der Waals surface area contributed by atoms with Gasteiger partial charge in [0.05, 0.1) is 24.9 Å². The molecule has 19 nitrogen and oxygen atoms in total. The molecule has 0 amide bonds. The van der Waals surface area contributed by atoms with E-state index in [0.29, 0.717) is 19.3 Å². The van der Waals surface area contributed by atoms with E-state index in [4.69, 9.17) is 18.5 Å². The maximum absolute atomic E-state index is 13.0. The first-order valence-corrected chi connectivity index (χ1v) is 27.1. The molecule has 1 saturated carbocycles. The number of esters is 2. The molecule has 0 bridgehead atoms. The highest BCUT2D eigenvalue weighted by atomic mass is 31.2. The first-order valence-electron chi connectivity index (χ1n) is 24.1. The Kier molecular flexibility index (Phi) is 35.6. The van der Waals surface area contributed by atoms with Crippen molar-refractivity contribution >= 4 is 27.6 Å². The minimum atomic E-state index is -5.41. The summed E-state index contributed by atoms with van der Waals surface area (Å²) >= 11 is 0. The summed E-state index contributed by atoms with van der Waals surface area (Å²) in [5.74, 6) is -1.57. The average molecular weight is 1040 g/mol. The van der Waals surface area contributed by atoms with Crippen LogP contribution in [-0.2, 0) is 41.8 Å². The molecular weight excluding hydrogens is 954 g/mol. The number of carbonyl (C=O) groups is 2. The van der Waals surface area contributed by atoms with Crippen LogP contribution in [0.4, 0.5) is 0 Å². The largest absolute Gasteiger partial charge is 0.472 e. The smallest absolute Gasteiger partial charge is 0.462 e. The number of unbranched alkanes of at least 4 members (excludes halogenated alkanes) is 6. The van der Waals surface area contributed by atoms with E-state index in [1.807, 2.05) is 0 Å². The summed E-state index contributed by atoms with van der Waals surface area (Å²) in [4.78, 5) is 54.4. The predicted octanol–water partition coefficient (Wildman–Crippen LogP) is 6.08. The highest BCUT2D eigenvalue weighted by Gasteiger charge is 2.54. The molecule has 10 N–H and O–H groups in total. The highest BCUT2D eigenvalue weighted by molar-refractivity contribution is 7.47. The van der Waals surface area contributed by atoms with Crippen molar-refractivity contribution in [2.24, 2.45) is 0 Å². The molecule has 400 valence electrons. The normalized spacial score (nSPS) is 23.2. The average Bonchev–Trinajstić information content (AvgIpc) is 3.31. The summed E-state index contributed by atoms with van der Waals surface area (Å²) in [6, 6.07) is 0. The molecule has 0 spiro atoms. The van der Waals surface area contributed by atoms with Gasteiger partial charge in [-0.2, -0.15) is 0 Å². The Balaban J connectivity index is 2.75. The van der Waals surface area contributed by atoms with E-state index < -0.39 is 102 Å². The second kappa shape index (κ2) is 38.4. The highest BCUT2D eigenvalue weighted by Crippen LogP contribution is 2.49. The van der Waals surface area contributed by atoms with Crippen LogP contribution in [0.15, 0.2) is 97.2 Å².